The zero-order chi connectivity index (χ0) is 10.3. The summed E-state index contributed by atoms with van der Waals surface area (Å²) in [4.78, 5) is 0. The fourth-order valence-corrected chi connectivity index (χ4v) is 8.84. The molecule has 0 N–H and O–H groups in total. The molecule has 0 amide bonds. The highest BCUT2D eigenvalue weighted by Crippen LogP contribution is 2.39. The summed E-state index contributed by atoms with van der Waals surface area (Å²) >= 11 is 0. The molecular formula is C10H22OSi2. The summed E-state index contributed by atoms with van der Waals surface area (Å²) in [5, 5.41) is 0. The van der Waals surface area contributed by atoms with E-state index in [9.17, 15) is 0 Å². The minimum absolute atomic E-state index is 0.0295. The molecule has 0 aromatic carbocycles. The van der Waals surface area contributed by atoms with Crippen molar-refractivity contribution in [1.29, 1.82) is 0 Å². The van der Waals surface area contributed by atoms with E-state index in [4.69, 9.17) is 4.43 Å². The van der Waals surface area contributed by atoms with Crippen molar-refractivity contribution in [1.82, 2.24) is 0 Å². The zero-order valence-corrected chi connectivity index (χ0v) is 11.6. The van der Waals surface area contributed by atoms with Crippen LogP contribution in [0.2, 0.25) is 32.2 Å². The maximum atomic E-state index is 6.31. The fraction of sp³-hybridized carbons (Fsp3) is 0.800. The van der Waals surface area contributed by atoms with Gasteiger partial charge < -0.3 is 4.43 Å². The zero-order valence-electron chi connectivity index (χ0n) is 9.61. The van der Waals surface area contributed by atoms with E-state index < -0.39 is 15.4 Å². The van der Waals surface area contributed by atoms with Crippen molar-refractivity contribution in [2.75, 3.05) is 0 Å². The van der Waals surface area contributed by atoms with E-state index in [0.717, 1.165) is 0 Å². The maximum absolute atomic E-state index is 6.31. The minimum Gasteiger partial charge on any atom is -0.411 e. The van der Waals surface area contributed by atoms with Gasteiger partial charge in [0.25, 0.3) is 0 Å². The summed E-state index contributed by atoms with van der Waals surface area (Å²) in [7, 11) is -2.46. The first-order chi connectivity index (χ1) is 5.72. The van der Waals surface area contributed by atoms with Crippen LogP contribution in [0.15, 0.2) is 12.7 Å². The van der Waals surface area contributed by atoms with Gasteiger partial charge in [0.1, 0.15) is 0 Å². The van der Waals surface area contributed by atoms with Gasteiger partial charge in [0, 0.05) is 0 Å². The van der Waals surface area contributed by atoms with Crippen molar-refractivity contribution in [3.63, 3.8) is 0 Å². The van der Waals surface area contributed by atoms with Gasteiger partial charge in [-0.05, 0) is 26.4 Å². The van der Waals surface area contributed by atoms with Crippen molar-refractivity contribution in [2.24, 2.45) is 0 Å². The Kier molecular flexibility index (Phi) is 2.65. The van der Waals surface area contributed by atoms with Crippen LogP contribution >= 0.6 is 0 Å². The van der Waals surface area contributed by atoms with Gasteiger partial charge in [-0.1, -0.05) is 25.2 Å². The molecule has 0 aromatic rings. The predicted molar refractivity (Wildman–Crippen MR) is 64.1 cm³/mol. The van der Waals surface area contributed by atoms with Crippen LogP contribution in [0.3, 0.4) is 0 Å². The molecule has 1 unspecified atom stereocenters. The Balaban J connectivity index is 2.88. The second kappa shape index (κ2) is 3.07. The van der Waals surface area contributed by atoms with Crippen LogP contribution in [0.25, 0.3) is 0 Å². The van der Waals surface area contributed by atoms with E-state index in [0.29, 0.717) is 0 Å². The summed E-state index contributed by atoms with van der Waals surface area (Å²) in [6.45, 7) is 15.8. The van der Waals surface area contributed by atoms with Gasteiger partial charge >= 0.3 is 0 Å². The second-order valence-corrected chi connectivity index (χ2v) is 20.7. The predicted octanol–water partition coefficient (Wildman–Crippen LogP) is 3.34. The molecule has 76 valence electrons. The number of rotatable bonds is 1. The summed E-state index contributed by atoms with van der Waals surface area (Å²) in [5.41, 5.74) is -0.0295. The highest BCUT2D eigenvalue weighted by Gasteiger charge is 2.50. The lowest BCUT2D eigenvalue weighted by molar-refractivity contribution is 0.125. The molecule has 1 fully saturated rings. The van der Waals surface area contributed by atoms with E-state index in [-0.39, 0.29) is 5.60 Å². The molecule has 1 aliphatic rings. The fourth-order valence-electron chi connectivity index (χ4n) is 1.78. The lowest BCUT2D eigenvalue weighted by atomic mass is 10.1. The van der Waals surface area contributed by atoms with Crippen molar-refractivity contribution >= 4 is 15.4 Å². The molecule has 1 heterocycles. The maximum Gasteiger partial charge on any atom is 0.174 e. The van der Waals surface area contributed by atoms with Gasteiger partial charge in [-0.2, -0.15) is 0 Å². The third-order valence-corrected chi connectivity index (χ3v) is 20.4. The highest BCUT2D eigenvalue weighted by molar-refractivity contribution is 7.38. The Morgan fingerprint density at radius 2 is 1.85 bits per heavy atom. The first kappa shape index (κ1) is 11.2. The first-order valence-electron chi connectivity index (χ1n) is 5.06. The molecule has 0 saturated carbocycles. The van der Waals surface area contributed by atoms with Crippen LogP contribution in [-0.4, -0.2) is 21.0 Å². The molecule has 1 aliphatic heterocycles. The van der Waals surface area contributed by atoms with Crippen LogP contribution in [0.1, 0.15) is 13.3 Å². The molecule has 1 rings (SSSR count). The topological polar surface area (TPSA) is 9.23 Å². The van der Waals surface area contributed by atoms with Crippen LogP contribution in [-0.2, 0) is 4.43 Å². The quantitative estimate of drug-likeness (QED) is 0.480. The second-order valence-electron chi connectivity index (χ2n) is 5.51. The first-order valence-corrected chi connectivity index (χ1v) is 12.2. The molecule has 0 radical (unpaired) electrons. The van der Waals surface area contributed by atoms with Crippen LogP contribution < -0.4 is 0 Å². The van der Waals surface area contributed by atoms with E-state index in [2.05, 4.69) is 39.7 Å². The molecule has 0 bridgehead atoms. The standard InChI is InChI=1S/C10H22OSi2/c1-7-10(2)8-9-12(3,4)13(5,6)11-10/h7H,1,8-9H2,2-6H3. The summed E-state index contributed by atoms with van der Waals surface area (Å²) < 4.78 is 6.31. The average molecular weight is 214 g/mol. The molecule has 0 aliphatic carbocycles. The highest BCUT2D eigenvalue weighted by atomic mass is 29.3. The molecular weight excluding hydrogens is 192 g/mol. The average Bonchev–Trinajstić information content (AvgIpc) is 1.98. The summed E-state index contributed by atoms with van der Waals surface area (Å²) in [6, 6.07) is 1.40. The Morgan fingerprint density at radius 3 is 2.23 bits per heavy atom. The van der Waals surface area contributed by atoms with Gasteiger partial charge in [-0.25, -0.2) is 0 Å². The van der Waals surface area contributed by atoms with Crippen molar-refractivity contribution < 1.29 is 4.43 Å². The van der Waals surface area contributed by atoms with E-state index in [1.54, 1.807) is 0 Å². The summed E-state index contributed by atoms with van der Waals surface area (Å²) in [5.74, 6) is 0. The lowest BCUT2D eigenvalue weighted by Gasteiger charge is -2.49. The Labute approximate surface area is 84.1 Å². The van der Waals surface area contributed by atoms with Crippen LogP contribution in [0, 0.1) is 0 Å². The largest absolute Gasteiger partial charge is 0.411 e. The minimum atomic E-state index is -1.41. The van der Waals surface area contributed by atoms with E-state index in [1.807, 2.05) is 6.08 Å². The molecule has 0 spiro atoms. The molecule has 0 aromatic heterocycles. The van der Waals surface area contributed by atoms with E-state index in [1.165, 1.54) is 12.5 Å². The molecule has 3 heteroatoms. The number of hydrogen-bond donors (Lipinski definition) is 0. The summed E-state index contributed by atoms with van der Waals surface area (Å²) in [6.07, 6.45) is 3.16. The third-order valence-electron chi connectivity index (χ3n) is 3.80. The lowest BCUT2D eigenvalue weighted by Crippen LogP contribution is -2.64. The number of hydrogen-bond acceptors (Lipinski definition) is 1. The van der Waals surface area contributed by atoms with Crippen LogP contribution in [0.5, 0.6) is 0 Å². The Morgan fingerprint density at radius 1 is 1.31 bits per heavy atom. The Hall–Kier alpha value is 0.134. The van der Waals surface area contributed by atoms with Gasteiger partial charge in [-0.3, -0.25) is 0 Å². The third kappa shape index (κ3) is 1.97. The van der Waals surface area contributed by atoms with Gasteiger partial charge in [0.2, 0.25) is 0 Å². The Bertz CT molecular complexity index is 223. The smallest absolute Gasteiger partial charge is 0.174 e. The van der Waals surface area contributed by atoms with Crippen molar-refractivity contribution in [3.8, 4) is 0 Å². The molecule has 1 saturated heterocycles. The molecule has 1 atom stereocenters. The van der Waals surface area contributed by atoms with Gasteiger partial charge in [0.05, 0.1) is 13.2 Å². The van der Waals surface area contributed by atoms with Crippen molar-refractivity contribution in [2.45, 2.75) is 51.2 Å². The normalized spacial score (nSPS) is 37.0. The van der Waals surface area contributed by atoms with Gasteiger partial charge in [0.15, 0.2) is 7.83 Å². The monoisotopic (exact) mass is 214 g/mol. The molecule has 13 heavy (non-hydrogen) atoms. The van der Waals surface area contributed by atoms with Crippen molar-refractivity contribution in [3.05, 3.63) is 12.7 Å². The van der Waals surface area contributed by atoms with E-state index >= 15 is 0 Å². The molecule has 1 nitrogen and oxygen atoms in total. The van der Waals surface area contributed by atoms with Gasteiger partial charge in [-0.15, -0.1) is 6.58 Å². The SMILES string of the molecule is C=CC1(C)CC[Si](C)(C)[Si](C)(C)O1. The van der Waals surface area contributed by atoms with Crippen LogP contribution in [0.4, 0.5) is 0 Å².